The van der Waals surface area contributed by atoms with Gasteiger partial charge in [-0.05, 0) is 6.07 Å². The Hall–Kier alpha value is -2.11. The van der Waals surface area contributed by atoms with Crippen molar-refractivity contribution in [1.29, 1.82) is 0 Å². The van der Waals surface area contributed by atoms with Gasteiger partial charge in [-0.3, -0.25) is 5.10 Å². The molecule has 64 valence electrons. The van der Waals surface area contributed by atoms with E-state index >= 15 is 0 Å². The highest BCUT2D eigenvalue weighted by Crippen LogP contribution is 2.09. The smallest absolute Gasteiger partial charge is 0.260 e. The van der Waals surface area contributed by atoms with Gasteiger partial charge in [-0.1, -0.05) is 0 Å². The summed E-state index contributed by atoms with van der Waals surface area (Å²) in [5.41, 5.74) is 0. The van der Waals surface area contributed by atoms with E-state index in [0.29, 0.717) is 11.8 Å². The molecule has 2 rings (SSSR count). The molecule has 0 aliphatic carbocycles. The number of nitrogens with one attached hydrogen (secondary N) is 1. The number of rotatable bonds is 2. The van der Waals surface area contributed by atoms with Crippen molar-refractivity contribution in [2.24, 2.45) is 10.2 Å². The second-order valence-corrected chi connectivity index (χ2v) is 2.19. The summed E-state index contributed by atoms with van der Waals surface area (Å²) in [5, 5.41) is 14.0. The first-order valence-corrected chi connectivity index (χ1v) is 3.63. The minimum absolute atomic E-state index is 0.331. The Morgan fingerprint density at radius 1 is 1.08 bits per heavy atom. The van der Waals surface area contributed by atoms with Crippen LogP contribution >= 0.6 is 0 Å². The van der Waals surface area contributed by atoms with Crippen LogP contribution in [0.3, 0.4) is 0 Å². The Balaban J connectivity index is 2.15. The fourth-order valence-corrected chi connectivity index (χ4v) is 0.746. The van der Waals surface area contributed by atoms with Crippen LogP contribution in [0.25, 0.3) is 0 Å². The van der Waals surface area contributed by atoms with Gasteiger partial charge in [0, 0.05) is 18.5 Å². The lowest BCUT2D eigenvalue weighted by Gasteiger charge is -1.86. The molecular weight excluding hydrogens is 168 g/mol. The van der Waals surface area contributed by atoms with Crippen LogP contribution in [0.1, 0.15) is 0 Å². The summed E-state index contributed by atoms with van der Waals surface area (Å²) >= 11 is 0. The molecule has 0 atom stereocenters. The van der Waals surface area contributed by atoms with Crippen molar-refractivity contribution in [3.05, 3.63) is 30.7 Å². The highest BCUT2D eigenvalue weighted by Gasteiger charge is 1.90. The molecular formula is C7H6N6. The van der Waals surface area contributed by atoms with Gasteiger partial charge in [-0.15, -0.1) is 10.2 Å². The molecule has 0 aromatic carbocycles. The summed E-state index contributed by atoms with van der Waals surface area (Å²) in [6.07, 6.45) is 4.81. The molecule has 2 aromatic heterocycles. The second-order valence-electron chi connectivity index (χ2n) is 2.19. The van der Waals surface area contributed by atoms with Crippen LogP contribution in [-0.4, -0.2) is 20.2 Å². The number of H-pyrrole nitrogens is 1. The molecule has 2 aromatic rings. The lowest BCUT2D eigenvalue weighted by Crippen LogP contribution is -1.75. The maximum atomic E-state index is 3.87. The first kappa shape index (κ1) is 7.53. The third-order valence-corrected chi connectivity index (χ3v) is 1.29. The fourth-order valence-electron chi connectivity index (χ4n) is 0.746. The van der Waals surface area contributed by atoms with E-state index in [1.807, 2.05) is 0 Å². The average Bonchev–Trinajstić information content (AvgIpc) is 2.69. The van der Waals surface area contributed by atoms with Crippen molar-refractivity contribution in [1.82, 2.24) is 20.2 Å². The van der Waals surface area contributed by atoms with Crippen LogP contribution in [0.2, 0.25) is 0 Å². The number of azo groups is 1. The zero-order valence-corrected chi connectivity index (χ0v) is 6.62. The summed E-state index contributed by atoms with van der Waals surface area (Å²) in [7, 11) is 0. The molecule has 0 radical (unpaired) electrons. The molecule has 1 N–H and O–H groups in total. The molecule has 0 fully saturated rings. The molecule has 13 heavy (non-hydrogen) atoms. The van der Waals surface area contributed by atoms with Gasteiger partial charge in [-0.25, -0.2) is 9.97 Å². The van der Waals surface area contributed by atoms with Crippen LogP contribution in [0.5, 0.6) is 0 Å². The molecule has 0 saturated carbocycles. The summed E-state index contributed by atoms with van der Waals surface area (Å²) in [6.45, 7) is 0. The van der Waals surface area contributed by atoms with E-state index in [0.717, 1.165) is 0 Å². The van der Waals surface area contributed by atoms with Gasteiger partial charge in [0.2, 0.25) is 0 Å². The minimum atomic E-state index is 0.331. The van der Waals surface area contributed by atoms with Crippen molar-refractivity contribution in [2.75, 3.05) is 0 Å². The second kappa shape index (κ2) is 3.53. The summed E-state index contributed by atoms with van der Waals surface area (Å²) in [4.78, 5) is 7.74. The third kappa shape index (κ3) is 1.92. The number of hydrogen-bond donors (Lipinski definition) is 1. The van der Waals surface area contributed by atoms with Crippen LogP contribution in [0, 0.1) is 0 Å². The van der Waals surface area contributed by atoms with Gasteiger partial charge in [0.15, 0.2) is 5.82 Å². The number of hydrogen-bond acceptors (Lipinski definition) is 5. The van der Waals surface area contributed by atoms with Crippen LogP contribution in [0.15, 0.2) is 41.0 Å². The van der Waals surface area contributed by atoms with Gasteiger partial charge in [0.05, 0.1) is 6.20 Å². The van der Waals surface area contributed by atoms with Gasteiger partial charge in [0.1, 0.15) is 0 Å². The van der Waals surface area contributed by atoms with E-state index in [-0.39, 0.29) is 0 Å². The Labute approximate surface area is 73.8 Å². The fraction of sp³-hybridized carbons (Fsp3) is 0. The maximum absolute atomic E-state index is 3.87. The van der Waals surface area contributed by atoms with Crippen molar-refractivity contribution >= 4 is 11.8 Å². The molecule has 0 spiro atoms. The van der Waals surface area contributed by atoms with E-state index in [9.17, 15) is 0 Å². The molecule has 0 saturated heterocycles. The van der Waals surface area contributed by atoms with E-state index in [1.165, 1.54) is 0 Å². The monoisotopic (exact) mass is 174 g/mol. The zero-order chi connectivity index (χ0) is 8.93. The molecule has 2 heterocycles. The number of nitrogens with zero attached hydrogens (tertiary/aromatic N) is 5. The first-order valence-electron chi connectivity index (χ1n) is 3.63. The van der Waals surface area contributed by atoms with E-state index in [2.05, 4.69) is 30.4 Å². The highest BCUT2D eigenvalue weighted by molar-refractivity contribution is 5.23. The van der Waals surface area contributed by atoms with E-state index in [4.69, 9.17) is 0 Å². The normalized spacial score (nSPS) is 10.8. The molecule has 0 bridgehead atoms. The molecule has 6 nitrogen and oxygen atoms in total. The Morgan fingerprint density at radius 2 is 1.92 bits per heavy atom. The summed E-state index contributed by atoms with van der Waals surface area (Å²) in [5.74, 6) is 0.907. The lowest BCUT2D eigenvalue weighted by molar-refractivity contribution is 1.02. The average molecular weight is 174 g/mol. The van der Waals surface area contributed by atoms with Crippen molar-refractivity contribution in [3.63, 3.8) is 0 Å². The summed E-state index contributed by atoms with van der Waals surface area (Å²) in [6, 6.07) is 3.42. The number of aromatic nitrogens is 4. The minimum Gasteiger partial charge on any atom is -0.260 e. The highest BCUT2D eigenvalue weighted by atomic mass is 15.3. The quantitative estimate of drug-likeness (QED) is 0.702. The third-order valence-electron chi connectivity index (χ3n) is 1.29. The Bertz CT molecular complexity index is 379. The lowest BCUT2D eigenvalue weighted by atomic mass is 10.7. The molecule has 0 unspecified atom stereocenters. The molecule has 0 amide bonds. The Kier molecular flexibility index (Phi) is 2.04. The van der Waals surface area contributed by atoms with Crippen LogP contribution in [0.4, 0.5) is 11.8 Å². The van der Waals surface area contributed by atoms with Gasteiger partial charge >= 0.3 is 0 Å². The van der Waals surface area contributed by atoms with Gasteiger partial charge in [0.25, 0.3) is 5.95 Å². The largest absolute Gasteiger partial charge is 0.268 e. The van der Waals surface area contributed by atoms with Crippen molar-refractivity contribution < 1.29 is 0 Å². The first-order chi connectivity index (χ1) is 6.45. The Morgan fingerprint density at radius 3 is 2.62 bits per heavy atom. The standard InChI is InChI=1S/C7H6N6/c1-3-8-7(9-4-1)13-12-6-2-5-10-11-6/h1-5H,(H,10,11). The predicted molar refractivity (Wildman–Crippen MR) is 44.8 cm³/mol. The van der Waals surface area contributed by atoms with Gasteiger partial charge < -0.3 is 0 Å². The molecule has 0 aliphatic heterocycles. The van der Waals surface area contributed by atoms with Crippen molar-refractivity contribution in [2.45, 2.75) is 0 Å². The topological polar surface area (TPSA) is 79.2 Å². The van der Waals surface area contributed by atoms with E-state index < -0.39 is 0 Å². The van der Waals surface area contributed by atoms with Crippen molar-refractivity contribution in [3.8, 4) is 0 Å². The van der Waals surface area contributed by atoms with Gasteiger partial charge in [-0.2, -0.15) is 5.10 Å². The zero-order valence-electron chi connectivity index (χ0n) is 6.62. The van der Waals surface area contributed by atoms with Crippen LogP contribution in [-0.2, 0) is 0 Å². The molecule has 0 aliphatic rings. The SMILES string of the molecule is c1cnc(N=Nc2ccn[nH]2)nc1. The molecule has 6 heteroatoms. The predicted octanol–water partition coefficient (Wildman–Crippen LogP) is 1.62. The summed E-state index contributed by atoms with van der Waals surface area (Å²) < 4.78 is 0. The van der Waals surface area contributed by atoms with E-state index in [1.54, 1.807) is 30.7 Å². The number of aromatic amines is 1. The van der Waals surface area contributed by atoms with Crippen LogP contribution < -0.4 is 0 Å². The maximum Gasteiger partial charge on any atom is 0.268 e.